The molecule has 1 saturated heterocycles. The molecule has 4 rings (SSSR count). The van der Waals surface area contributed by atoms with Crippen LogP contribution in [0.3, 0.4) is 0 Å². The molecule has 4 fully saturated rings. The number of hydrogen-bond acceptors (Lipinski definition) is 4. The SMILES string of the molecule is CNC(C(=O)N1[C@H](C#N)C[C@@H]2C[C@@H]21)[C@@]1(C)C[C@@]2(O)C[C@@H](C)CCCC21. The van der Waals surface area contributed by atoms with Crippen molar-refractivity contribution in [1.82, 2.24) is 10.2 Å². The first-order chi connectivity index (χ1) is 11.8. The van der Waals surface area contributed by atoms with Crippen LogP contribution in [0.2, 0.25) is 0 Å². The smallest absolute Gasteiger partial charge is 0.241 e. The van der Waals surface area contributed by atoms with Crippen LogP contribution in [0.5, 0.6) is 0 Å². The van der Waals surface area contributed by atoms with Crippen LogP contribution < -0.4 is 5.32 Å². The van der Waals surface area contributed by atoms with Crippen molar-refractivity contribution >= 4 is 5.91 Å². The summed E-state index contributed by atoms with van der Waals surface area (Å²) in [5, 5.41) is 23.9. The van der Waals surface area contributed by atoms with Crippen molar-refractivity contribution < 1.29 is 9.90 Å². The Hall–Kier alpha value is -1.12. The second-order valence-corrected chi connectivity index (χ2v) is 9.49. The second-order valence-electron chi connectivity index (χ2n) is 9.49. The zero-order valence-corrected chi connectivity index (χ0v) is 15.7. The van der Waals surface area contributed by atoms with Gasteiger partial charge in [-0.3, -0.25) is 4.79 Å². The van der Waals surface area contributed by atoms with Gasteiger partial charge in [0.1, 0.15) is 6.04 Å². The van der Waals surface area contributed by atoms with Crippen LogP contribution in [-0.2, 0) is 4.79 Å². The number of likely N-dealkylation sites (N-methyl/N-ethyl adjacent to an activating group) is 1. The van der Waals surface area contributed by atoms with Gasteiger partial charge >= 0.3 is 0 Å². The average Bonchev–Trinajstić information content (AvgIpc) is 3.23. The number of likely N-dealkylation sites (tertiary alicyclic amines) is 1. The second kappa shape index (κ2) is 5.69. The van der Waals surface area contributed by atoms with Gasteiger partial charge in [-0.1, -0.05) is 26.7 Å². The molecule has 0 bridgehead atoms. The monoisotopic (exact) mass is 345 g/mol. The van der Waals surface area contributed by atoms with Gasteiger partial charge < -0.3 is 15.3 Å². The number of amides is 1. The Morgan fingerprint density at radius 2 is 2.16 bits per heavy atom. The van der Waals surface area contributed by atoms with Gasteiger partial charge in [-0.25, -0.2) is 0 Å². The summed E-state index contributed by atoms with van der Waals surface area (Å²) in [6.07, 6.45) is 6.73. The summed E-state index contributed by atoms with van der Waals surface area (Å²) in [7, 11) is 1.85. The highest BCUT2D eigenvalue weighted by atomic mass is 16.3. The van der Waals surface area contributed by atoms with Crippen molar-refractivity contribution in [2.24, 2.45) is 23.2 Å². The molecular weight excluding hydrogens is 314 g/mol. The molecule has 138 valence electrons. The van der Waals surface area contributed by atoms with Crippen molar-refractivity contribution in [3.8, 4) is 6.07 Å². The fourth-order valence-electron chi connectivity index (χ4n) is 6.65. The highest BCUT2D eigenvalue weighted by Crippen LogP contribution is 2.62. The summed E-state index contributed by atoms with van der Waals surface area (Å²) in [6, 6.07) is 2.05. The predicted octanol–water partition coefficient (Wildman–Crippen LogP) is 2.05. The van der Waals surface area contributed by atoms with E-state index in [1.54, 1.807) is 0 Å². The summed E-state index contributed by atoms with van der Waals surface area (Å²) in [4.78, 5) is 15.3. The summed E-state index contributed by atoms with van der Waals surface area (Å²) in [6.45, 7) is 4.40. The maximum Gasteiger partial charge on any atom is 0.241 e. The first-order valence-corrected chi connectivity index (χ1v) is 9.95. The Morgan fingerprint density at radius 3 is 2.84 bits per heavy atom. The van der Waals surface area contributed by atoms with E-state index < -0.39 is 5.60 Å². The van der Waals surface area contributed by atoms with Crippen LogP contribution in [0.1, 0.15) is 58.8 Å². The number of nitrogens with one attached hydrogen (secondary N) is 1. The van der Waals surface area contributed by atoms with E-state index in [0.717, 1.165) is 32.1 Å². The molecule has 4 aliphatic rings. The minimum atomic E-state index is -0.609. The molecule has 0 aromatic carbocycles. The lowest BCUT2D eigenvalue weighted by Crippen LogP contribution is -2.70. The van der Waals surface area contributed by atoms with E-state index in [0.29, 0.717) is 18.3 Å². The molecule has 2 unspecified atom stereocenters. The van der Waals surface area contributed by atoms with Crippen LogP contribution in [0, 0.1) is 34.5 Å². The summed E-state index contributed by atoms with van der Waals surface area (Å²) in [5.74, 6) is 1.35. The van der Waals surface area contributed by atoms with E-state index >= 15 is 0 Å². The first kappa shape index (κ1) is 17.3. The lowest BCUT2D eigenvalue weighted by atomic mass is 9.47. The number of carbonyl (C=O) groups excluding carboxylic acids is 1. The highest BCUT2D eigenvalue weighted by Gasteiger charge is 2.66. The third-order valence-corrected chi connectivity index (χ3v) is 7.73. The lowest BCUT2D eigenvalue weighted by Gasteiger charge is -2.62. The molecule has 8 atom stereocenters. The van der Waals surface area contributed by atoms with Gasteiger partial charge in [-0.15, -0.1) is 0 Å². The fraction of sp³-hybridized carbons (Fsp3) is 0.900. The number of piperidine rings is 1. The van der Waals surface area contributed by atoms with E-state index in [9.17, 15) is 15.2 Å². The minimum Gasteiger partial charge on any atom is -0.390 e. The van der Waals surface area contributed by atoms with E-state index in [1.165, 1.54) is 6.42 Å². The highest BCUT2D eigenvalue weighted by molar-refractivity contribution is 5.85. The van der Waals surface area contributed by atoms with E-state index in [2.05, 4.69) is 25.2 Å². The molecule has 3 saturated carbocycles. The number of nitrogens with zero attached hydrogens (tertiary/aromatic N) is 2. The molecule has 0 aromatic rings. The summed E-state index contributed by atoms with van der Waals surface area (Å²) < 4.78 is 0. The third-order valence-electron chi connectivity index (χ3n) is 7.73. The van der Waals surface area contributed by atoms with Crippen LogP contribution in [0.25, 0.3) is 0 Å². The molecule has 1 aliphatic heterocycles. The average molecular weight is 345 g/mol. The molecule has 0 spiro atoms. The molecule has 2 N–H and O–H groups in total. The Morgan fingerprint density at radius 1 is 1.40 bits per heavy atom. The quantitative estimate of drug-likeness (QED) is 0.821. The van der Waals surface area contributed by atoms with Crippen molar-refractivity contribution in [2.45, 2.75) is 82.5 Å². The molecule has 25 heavy (non-hydrogen) atoms. The van der Waals surface area contributed by atoms with Gasteiger partial charge in [0.15, 0.2) is 0 Å². The Labute approximate surface area is 150 Å². The van der Waals surface area contributed by atoms with Gasteiger partial charge in [0.25, 0.3) is 0 Å². The number of carbonyl (C=O) groups is 1. The van der Waals surface area contributed by atoms with Crippen LogP contribution in [0.4, 0.5) is 0 Å². The molecule has 3 aliphatic carbocycles. The number of fused-ring (bicyclic) bond motifs is 2. The van der Waals surface area contributed by atoms with Crippen LogP contribution in [0.15, 0.2) is 0 Å². The standard InChI is InChI=1S/C20H31N3O2/c1-12-5-4-6-16-19(2,11-20(16,25)9-12)17(22-3)18(24)23-14(10-21)7-13-8-15(13)23/h12-17,22,25H,4-9,11H2,1-3H3/t12-,13+,14-,15-,16?,17?,19-,20-/m0/s1. The topological polar surface area (TPSA) is 76.4 Å². The Bertz CT molecular complexity index is 617. The van der Waals surface area contributed by atoms with Gasteiger partial charge in [0, 0.05) is 11.5 Å². The molecule has 5 nitrogen and oxygen atoms in total. The molecule has 0 radical (unpaired) electrons. The maximum atomic E-state index is 13.4. The summed E-state index contributed by atoms with van der Waals surface area (Å²) >= 11 is 0. The lowest BCUT2D eigenvalue weighted by molar-refractivity contribution is -0.208. The van der Waals surface area contributed by atoms with Crippen molar-refractivity contribution in [3.05, 3.63) is 0 Å². The predicted molar refractivity (Wildman–Crippen MR) is 94.4 cm³/mol. The maximum absolute atomic E-state index is 13.4. The molecule has 0 aromatic heterocycles. The largest absolute Gasteiger partial charge is 0.390 e. The number of rotatable bonds is 3. The van der Waals surface area contributed by atoms with E-state index in [-0.39, 0.29) is 35.4 Å². The fourth-order valence-corrected chi connectivity index (χ4v) is 6.65. The van der Waals surface area contributed by atoms with Gasteiger partial charge in [-0.05, 0) is 56.9 Å². The molecule has 1 heterocycles. The van der Waals surface area contributed by atoms with Gasteiger partial charge in [0.05, 0.1) is 17.7 Å². The number of nitriles is 1. The van der Waals surface area contributed by atoms with Gasteiger partial charge in [-0.2, -0.15) is 5.26 Å². The molecular formula is C20H31N3O2. The van der Waals surface area contributed by atoms with Gasteiger partial charge in [0.2, 0.25) is 5.91 Å². The number of aliphatic hydroxyl groups is 1. The van der Waals surface area contributed by atoms with Crippen molar-refractivity contribution in [2.75, 3.05) is 7.05 Å². The Kier molecular flexibility index (Phi) is 3.94. The van der Waals surface area contributed by atoms with Crippen molar-refractivity contribution in [1.29, 1.82) is 5.26 Å². The Balaban J connectivity index is 1.57. The first-order valence-electron chi connectivity index (χ1n) is 9.95. The zero-order valence-electron chi connectivity index (χ0n) is 15.7. The van der Waals surface area contributed by atoms with Crippen molar-refractivity contribution in [3.63, 3.8) is 0 Å². The minimum absolute atomic E-state index is 0.0842. The number of hydrogen-bond donors (Lipinski definition) is 2. The zero-order chi connectivity index (χ0) is 18.0. The molecule has 5 heteroatoms. The normalized spacial score (nSPS) is 49.2. The van der Waals surface area contributed by atoms with Crippen LogP contribution >= 0.6 is 0 Å². The van der Waals surface area contributed by atoms with E-state index in [1.807, 2.05) is 11.9 Å². The molecule has 1 amide bonds. The van der Waals surface area contributed by atoms with Crippen LogP contribution in [-0.4, -0.2) is 46.7 Å². The van der Waals surface area contributed by atoms with E-state index in [4.69, 9.17) is 0 Å². The summed E-state index contributed by atoms with van der Waals surface area (Å²) in [5.41, 5.74) is -0.834. The third kappa shape index (κ3) is 2.44.